The molecule has 0 aliphatic carbocycles. The van der Waals surface area contributed by atoms with Gasteiger partial charge in [0.15, 0.2) is 0 Å². The van der Waals surface area contributed by atoms with E-state index in [1.165, 1.54) is 12.1 Å². The van der Waals surface area contributed by atoms with Crippen molar-refractivity contribution in [2.75, 3.05) is 0 Å². The first kappa shape index (κ1) is 13.4. The molecule has 1 fully saturated rings. The minimum absolute atomic E-state index is 0.0110. The largest absolute Gasteiger partial charge is 0.490 e. The van der Waals surface area contributed by atoms with Crippen LogP contribution in [-0.4, -0.2) is 29.3 Å². The van der Waals surface area contributed by atoms with Crippen molar-refractivity contribution in [3.63, 3.8) is 0 Å². The number of carbonyl (C=O) groups is 1. The molecule has 2 aliphatic rings. The van der Waals surface area contributed by atoms with Crippen LogP contribution in [0.3, 0.4) is 0 Å². The van der Waals surface area contributed by atoms with Crippen molar-refractivity contribution in [2.24, 2.45) is 0 Å². The topological polar surface area (TPSA) is 58.6 Å². The van der Waals surface area contributed by atoms with Crippen molar-refractivity contribution < 1.29 is 19.0 Å². The highest BCUT2D eigenvalue weighted by Gasteiger charge is 2.31. The van der Waals surface area contributed by atoms with Gasteiger partial charge in [-0.2, -0.15) is 0 Å². The molecule has 1 aromatic carbocycles. The van der Waals surface area contributed by atoms with E-state index in [-0.39, 0.29) is 18.0 Å². The van der Waals surface area contributed by atoms with Gasteiger partial charge in [-0.05, 0) is 43.9 Å². The van der Waals surface area contributed by atoms with Gasteiger partial charge in [0.25, 0.3) is 0 Å². The number of hydrogen-bond acceptors (Lipinski definition) is 3. The highest BCUT2D eigenvalue weighted by molar-refractivity contribution is 5.73. The minimum Gasteiger partial charge on any atom is -0.490 e. The molecule has 0 spiro atoms. The zero-order chi connectivity index (χ0) is 14.1. The van der Waals surface area contributed by atoms with Crippen LogP contribution in [0.15, 0.2) is 18.2 Å². The maximum atomic E-state index is 13.2. The first-order valence-electron chi connectivity index (χ1n) is 7.06. The summed E-state index contributed by atoms with van der Waals surface area (Å²) in [5.41, 5.74) is 0.903. The van der Waals surface area contributed by atoms with Gasteiger partial charge in [0.1, 0.15) is 23.7 Å². The summed E-state index contributed by atoms with van der Waals surface area (Å²) in [6, 6.07) is 4.30. The van der Waals surface area contributed by atoms with Gasteiger partial charge >= 0.3 is 5.97 Å². The first-order chi connectivity index (χ1) is 9.61. The SMILES string of the molecule is O=C(O)C1CCCC(CC2Cc3cc(F)ccc3O2)N1. The molecular formula is C15H18FNO3. The van der Waals surface area contributed by atoms with E-state index in [2.05, 4.69) is 5.32 Å². The molecule has 3 atom stereocenters. The number of hydrogen-bond donors (Lipinski definition) is 2. The molecule has 2 heterocycles. The predicted molar refractivity (Wildman–Crippen MR) is 71.3 cm³/mol. The van der Waals surface area contributed by atoms with Crippen LogP contribution in [0, 0.1) is 5.82 Å². The van der Waals surface area contributed by atoms with Gasteiger partial charge in [-0.1, -0.05) is 0 Å². The second-order valence-electron chi connectivity index (χ2n) is 5.62. The Balaban J connectivity index is 1.59. The average Bonchev–Trinajstić information content (AvgIpc) is 2.80. The number of rotatable bonds is 3. The maximum absolute atomic E-state index is 13.2. The Labute approximate surface area is 116 Å². The van der Waals surface area contributed by atoms with Gasteiger partial charge in [-0.15, -0.1) is 0 Å². The van der Waals surface area contributed by atoms with Crippen LogP contribution in [0.25, 0.3) is 0 Å². The van der Waals surface area contributed by atoms with E-state index < -0.39 is 12.0 Å². The molecule has 0 bridgehead atoms. The third-order valence-corrected chi connectivity index (χ3v) is 4.09. The first-order valence-corrected chi connectivity index (χ1v) is 7.06. The molecule has 0 radical (unpaired) electrons. The Morgan fingerprint density at radius 3 is 3.10 bits per heavy atom. The number of carboxylic acid groups (broad SMARTS) is 1. The number of carboxylic acids is 1. The fraction of sp³-hybridized carbons (Fsp3) is 0.533. The minimum atomic E-state index is -0.785. The summed E-state index contributed by atoms with van der Waals surface area (Å²) >= 11 is 0. The van der Waals surface area contributed by atoms with Crippen molar-refractivity contribution >= 4 is 5.97 Å². The standard InChI is InChI=1S/C15H18FNO3/c16-10-4-5-14-9(6-10)7-12(20-14)8-11-2-1-3-13(17-11)15(18)19/h4-6,11-13,17H,1-3,7-8H2,(H,18,19). The molecule has 5 heteroatoms. The van der Waals surface area contributed by atoms with Crippen LogP contribution >= 0.6 is 0 Å². The lowest BCUT2D eigenvalue weighted by Gasteiger charge is -2.30. The molecule has 0 aromatic heterocycles. The molecule has 3 rings (SSSR count). The molecule has 0 saturated carbocycles. The maximum Gasteiger partial charge on any atom is 0.320 e. The Hall–Kier alpha value is -1.62. The van der Waals surface area contributed by atoms with Crippen molar-refractivity contribution in [2.45, 2.75) is 50.3 Å². The quantitative estimate of drug-likeness (QED) is 0.889. The van der Waals surface area contributed by atoms with E-state index in [1.807, 2.05) is 0 Å². The molecule has 108 valence electrons. The lowest BCUT2D eigenvalue weighted by molar-refractivity contribution is -0.140. The molecule has 1 aromatic rings. The number of piperidine rings is 1. The fourth-order valence-electron chi connectivity index (χ4n) is 3.14. The van der Waals surface area contributed by atoms with Gasteiger partial charge in [-0.3, -0.25) is 4.79 Å². The number of halogens is 1. The molecule has 20 heavy (non-hydrogen) atoms. The zero-order valence-electron chi connectivity index (χ0n) is 11.1. The van der Waals surface area contributed by atoms with Crippen LogP contribution in [0.2, 0.25) is 0 Å². The van der Waals surface area contributed by atoms with Crippen molar-refractivity contribution in [3.05, 3.63) is 29.6 Å². The van der Waals surface area contributed by atoms with Crippen LogP contribution in [0.4, 0.5) is 4.39 Å². The van der Waals surface area contributed by atoms with Crippen LogP contribution < -0.4 is 10.1 Å². The van der Waals surface area contributed by atoms with Gasteiger partial charge < -0.3 is 15.2 Å². The number of aliphatic carboxylic acids is 1. The summed E-state index contributed by atoms with van der Waals surface area (Å²) in [6.07, 6.45) is 4.04. The van der Waals surface area contributed by atoms with E-state index in [1.54, 1.807) is 6.07 Å². The van der Waals surface area contributed by atoms with E-state index in [4.69, 9.17) is 9.84 Å². The van der Waals surface area contributed by atoms with Gasteiger partial charge in [-0.25, -0.2) is 4.39 Å². The van der Waals surface area contributed by atoms with Crippen LogP contribution in [-0.2, 0) is 11.2 Å². The summed E-state index contributed by atoms with van der Waals surface area (Å²) in [5.74, 6) is -0.274. The number of fused-ring (bicyclic) bond motifs is 1. The van der Waals surface area contributed by atoms with Crippen molar-refractivity contribution in [1.82, 2.24) is 5.32 Å². The number of nitrogens with one attached hydrogen (secondary N) is 1. The molecule has 1 saturated heterocycles. The summed E-state index contributed by atoms with van der Waals surface area (Å²) in [4.78, 5) is 11.0. The number of benzene rings is 1. The second-order valence-corrected chi connectivity index (χ2v) is 5.62. The van der Waals surface area contributed by atoms with Crippen molar-refractivity contribution in [1.29, 1.82) is 0 Å². The Kier molecular flexibility index (Phi) is 3.61. The Morgan fingerprint density at radius 1 is 1.45 bits per heavy atom. The highest BCUT2D eigenvalue weighted by Crippen LogP contribution is 2.32. The summed E-state index contributed by atoms with van der Waals surface area (Å²) in [6.45, 7) is 0. The molecular weight excluding hydrogens is 261 g/mol. The summed E-state index contributed by atoms with van der Waals surface area (Å²) < 4.78 is 19.0. The van der Waals surface area contributed by atoms with Crippen LogP contribution in [0.5, 0.6) is 5.75 Å². The summed E-state index contributed by atoms with van der Waals surface area (Å²) in [5, 5.41) is 12.2. The lowest BCUT2D eigenvalue weighted by Crippen LogP contribution is -2.48. The van der Waals surface area contributed by atoms with Gasteiger partial charge in [0.05, 0.1) is 0 Å². The fourth-order valence-corrected chi connectivity index (χ4v) is 3.14. The third-order valence-electron chi connectivity index (χ3n) is 4.09. The Morgan fingerprint density at radius 2 is 2.30 bits per heavy atom. The zero-order valence-corrected chi connectivity index (χ0v) is 11.1. The lowest BCUT2D eigenvalue weighted by atomic mass is 9.93. The summed E-state index contributed by atoms with van der Waals surface area (Å²) in [7, 11) is 0. The third kappa shape index (κ3) is 2.77. The molecule has 4 nitrogen and oxygen atoms in total. The molecule has 0 amide bonds. The van der Waals surface area contributed by atoms with Gasteiger partial charge in [0.2, 0.25) is 0 Å². The van der Waals surface area contributed by atoms with E-state index in [0.717, 1.165) is 30.6 Å². The predicted octanol–water partition coefficient (Wildman–Crippen LogP) is 2.11. The monoisotopic (exact) mass is 279 g/mol. The average molecular weight is 279 g/mol. The van der Waals surface area contributed by atoms with Crippen molar-refractivity contribution in [3.8, 4) is 5.75 Å². The normalized spacial score (nSPS) is 28.8. The van der Waals surface area contributed by atoms with Crippen LogP contribution in [0.1, 0.15) is 31.2 Å². The molecule has 3 unspecified atom stereocenters. The smallest absolute Gasteiger partial charge is 0.320 e. The second kappa shape index (κ2) is 5.40. The molecule has 2 N–H and O–H groups in total. The van der Waals surface area contributed by atoms with E-state index >= 15 is 0 Å². The van der Waals surface area contributed by atoms with E-state index in [9.17, 15) is 9.18 Å². The van der Waals surface area contributed by atoms with E-state index in [0.29, 0.717) is 12.8 Å². The van der Waals surface area contributed by atoms with Gasteiger partial charge in [0, 0.05) is 18.0 Å². The number of ether oxygens (including phenoxy) is 1. The Bertz CT molecular complexity index is 520. The highest BCUT2D eigenvalue weighted by atomic mass is 19.1. The molecule has 2 aliphatic heterocycles.